The number of nitrogens with zero attached hydrogens (tertiary/aromatic N) is 1. The van der Waals surface area contributed by atoms with Crippen LogP contribution in [-0.4, -0.2) is 57.8 Å². The average molecular weight is 216 g/mol. The Labute approximate surface area is 89.9 Å². The van der Waals surface area contributed by atoms with Crippen LogP contribution in [0.3, 0.4) is 0 Å². The molecule has 0 rings (SSSR count). The summed E-state index contributed by atoms with van der Waals surface area (Å²) in [5.74, 6) is -1.10. The number of carbonyl (C=O) groups excluding carboxylic acids is 2. The second-order valence-electron chi connectivity index (χ2n) is 4.04. The minimum atomic E-state index is -0.571. The first-order chi connectivity index (χ1) is 6.85. The lowest BCUT2D eigenvalue weighted by Crippen LogP contribution is -2.37. The van der Waals surface area contributed by atoms with Gasteiger partial charge in [0.15, 0.2) is 0 Å². The Balaban J connectivity index is 3.76. The molecule has 5 heteroatoms. The number of esters is 2. The summed E-state index contributed by atoms with van der Waals surface area (Å²) in [5, 5.41) is 0. The molecular weight excluding hydrogens is 198 g/mol. The molecule has 0 aromatic carbocycles. The highest BCUT2D eigenvalue weighted by atomic mass is 16.5. The summed E-state index contributed by atoms with van der Waals surface area (Å²) in [4.78, 5) is 21.7. The van der Waals surface area contributed by atoms with E-state index in [0.29, 0.717) is 11.1 Å². The van der Waals surface area contributed by atoms with Gasteiger partial charge in [-0.25, -0.2) is 9.59 Å². The number of likely N-dealkylation sites (N-methyl/N-ethyl adjacent to an activating group) is 1. The number of quaternary nitrogens is 1. The second-order valence-corrected chi connectivity index (χ2v) is 4.04. The van der Waals surface area contributed by atoms with E-state index in [9.17, 15) is 9.59 Å². The summed E-state index contributed by atoms with van der Waals surface area (Å²) in [6.45, 7) is 1.05. The number of carbonyl (C=O) groups is 2. The lowest BCUT2D eigenvalue weighted by atomic mass is 10.5. The third-order valence-corrected chi connectivity index (χ3v) is 1.56. The van der Waals surface area contributed by atoms with Crippen molar-refractivity contribution in [1.82, 2.24) is 0 Å². The van der Waals surface area contributed by atoms with Gasteiger partial charge in [-0.05, 0) is 0 Å². The van der Waals surface area contributed by atoms with Gasteiger partial charge in [0.05, 0.1) is 28.3 Å². The predicted octanol–water partition coefficient (Wildman–Crippen LogP) is -0.0350. The van der Waals surface area contributed by atoms with Crippen molar-refractivity contribution in [2.45, 2.75) is 0 Å². The van der Waals surface area contributed by atoms with Gasteiger partial charge < -0.3 is 14.0 Å². The molecule has 0 atom stereocenters. The average Bonchev–Trinajstić information content (AvgIpc) is 2.12. The third kappa shape index (κ3) is 8.96. The Morgan fingerprint density at radius 2 is 1.67 bits per heavy atom. The molecule has 0 N–H and O–H groups in total. The number of hydrogen-bond donors (Lipinski definition) is 0. The maximum atomic E-state index is 11.0. The highest BCUT2D eigenvalue weighted by molar-refractivity contribution is 5.91. The van der Waals surface area contributed by atoms with Crippen LogP contribution >= 0.6 is 0 Å². The van der Waals surface area contributed by atoms with E-state index in [0.717, 1.165) is 18.7 Å². The molecule has 86 valence electrons. The van der Waals surface area contributed by atoms with Crippen LogP contribution in [-0.2, 0) is 19.1 Å². The first kappa shape index (κ1) is 13.6. The second kappa shape index (κ2) is 6.19. The normalized spacial score (nSPS) is 11.5. The van der Waals surface area contributed by atoms with Gasteiger partial charge in [-0.2, -0.15) is 0 Å². The molecule has 0 heterocycles. The van der Waals surface area contributed by atoms with Crippen molar-refractivity contribution in [2.75, 3.05) is 41.4 Å². The van der Waals surface area contributed by atoms with Crippen LogP contribution in [0.4, 0.5) is 0 Å². The zero-order valence-corrected chi connectivity index (χ0v) is 9.65. The molecule has 0 aliphatic carbocycles. The summed E-state index contributed by atoms with van der Waals surface area (Å²) in [6, 6.07) is 0. The molecule has 0 amide bonds. The smallest absolute Gasteiger partial charge is 0.331 e. The summed E-state index contributed by atoms with van der Waals surface area (Å²) >= 11 is 0. The fourth-order valence-corrected chi connectivity index (χ4v) is 0.672. The minimum absolute atomic E-state index is 0.327. The molecule has 0 aliphatic heterocycles. The molecule has 0 fully saturated rings. The third-order valence-electron chi connectivity index (χ3n) is 1.56. The molecule has 15 heavy (non-hydrogen) atoms. The van der Waals surface area contributed by atoms with Crippen molar-refractivity contribution in [3.8, 4) is 0 Å². The van der Waals surface area contributed by atoms with Crippen molar-refractivity contribution in [1.29, 1.82) is 0 Å². The van der Waals surface area contributed by atoms with Gasteiger partial charge in [0, 0.05) is 12.2 Å². The van der Waals surface area contributed by atoms with E-state index in [1.165, 1.54) is 7.11 Å². The maximum absolute atomic E-state index is 11.0. The van der Waals surface area contributed by atoms with Crippen molar-refractivity contribution in [3.05, 3.63) is 12.2 Å². The van der Waals surface area contributed by atoms with Crippen molar-refractivity contribution < 1.29 is 23.5 Å². The Hall–Kier alpha value is -1.36. The van der Waals surface area contributed by atoms with Crippen molar-refractivity contribution >= 4 is 11.9 Å². The van der Waals surface area contributed by atoms with Gasteiger partial charge in [-0.1, -0.05) is 0 Å². The largest absolute Gasteiger partial charge is 0.466 e. The van der Waals surface area contributed by atoms with Gasteiger partial charge in [0.1, 0.15) is 13.2 Å². The highest BCUT2D eigenvalue weighted by Gasteiger charge is 2.07. The topological polar surface area (TPSA) is 52.6 Å². The Morgan fingerprint density at radius 3 is 2.13 bits per heavy atom. The molecule has 0 radical (unpaired) electrons. The summed E-state index contributed by atoms with van der Waals surface area (Å²) in [6.07, 6.45) is 2.09. The standard InChI is InChI=1S/C10H18NO4/c1-11(2,3)7-8-15-10(13)6-5-9(12)14-4/h5-6H,7-8H2,1-4H3/q+1. The van der Waals surface area contributed by atoms with Crippen LogP contribution in [0.25, 0.3) is 0 Å². The van der Waals surface area contributed by atoms with Gasteiger partial charge in [-0.3, -0.25) is 0 Å². The van der Waals surface area contributed by atoms with E-state index < -0.39 is 11.9 Å². The van der Waals surface area contributed by atoms with E-state index >= 15 is 0 Å². The molecular formula is C10H18NO4+. The van der Waals surface area contributed by atoms with E-state index in [2.05, 4.69) is 4.74 Å². The van der Waals surface area contributed by atoms with Crippen molar-refractivity contribution in [3.63, 3.8) is 0 Å². The number of rotatable bonds is 5. The number of methoxy groups -OCH3 is 1. The van der Waals surface area contributed by atoms with Crippen LogP contribution in [0.15, 0.2) is 12.2 Å². The van der Waals surface area contributed by atoms with Gasteiger partial charge in [0.2, 0.25) is 0 Å². The molecule has 0 bridgehead atoms. The fraction of sp³-hybridized carbons (Fsp3) is 0.600. The molecule has 0 saturated heterocycles. The van der Waals surface area contributed by atoms with E-state index in [4.69, 9.17) is 4.74 Å². The Morgan fingerprint density at radius 1 is 1.13 bits per heavy atom. The van der Waals surface area contributed by atoms with Gasteiger partial charge in [-0.15, -0.1) is 0 Å². The molecule has 0 saturated carbocycles. The summed E-state index contributed by atoms with van der Waals surface area (Å²) in [7, 11) is 7.24. The van der Waals surface area contributed by atoms with E-state index in [-0.39, 0.29) is 0 Å². The number of ether oxygens (including phenoxy) is 2. The zero-order chi connectivity index (χ0) is 11.9. The van der Waals surface area contributed by atoms with Crippen LogP contribution < -0.4 is 0 Å². The van der Waals surface area contributed by atoms with Gasteiger partial charge in [0.25, 0.3) is 0 Å². The van der Waals surface area contributed by atoms with Crippen LogP contribution in [0, 0.1) is 0 Å². The monoisotopic (exact) mass is 216 g/mol. The van der Waals surface area contributed by atoms with Crippen LogP contribution in [0.2, 0.25) is 0 Å². The predicted molar refractivity (Wildman–Crippen MR) is 55.0 cm³/mol. The lowest BCUT2D eigenvalue weighted by Gasteiger charge is -2.23. The first-order valence-electron chi connectivity index (χ1n) is 4.58. The molecule has 0 unspecified atom stereocenters. The maximum Gasteiger partial charge on any atom is 0.331 e. The lowest BCUT2D eigenvalue weighted by molar-refractivity contribution is -0.870. The fourth-order valence-electron chi connectivity index (χ4n) is 0.672. The quantitative estimate of drug-likeness (QED) is 0.368. The number of hydrogen-bond acceptors (Lipinski definition) is 4. The molecule has 0 spiro atoms. The van der Waals surface area contributed by atoms with Crippen LogP contribution in [0.5, 0.6) is 0 Å². The first-order valence-corrected chi connectivity index (χ1v) is 4.58. The summed E-state index contributed by atoms with van der Waals surface area (Å²) in [5.41, 5.74) is 0. The van der Waals surface area contributed by atoms with E-state index in [1.807, 2.05) is 21.1 Å². The SMILES string of the molecule is COC(=O)C=CC(=O)OCC[N+](C)(C)C. The Bertz CT molecular complexity index is 253. The highest BCUT2D eigenvalue weighted by Crippen LogP contribution is 1.91. The van der Waals surface area contributed by atoms with Crippen LogP contribution in [0.1, 0.15) is 0 Å². The summed E-state index contributed by atoms with van der Waals surface area (Å²) < 4.78 is 9.90. The minimum Gasteiger partial charge on any atom is -0.466 e. The van der Waals surface area contributed by atoms with E-state index in [1.54, 1.807) is 0 Å². The molecule has 0 aliphatic rings. The zero-order valence-electron chi connectivity index (χ0n) is 9.65. The van der Waals surface area contributed by atoms with Crippen molar-refractivity contribution in [2.24, 2.45) is 0 Å². The molecule has 5 nitrogen and oxygen atoms in total. The molecule has 0 aromatic heterocycles. The Kier molecular flexibility index (Phi) is 5.62. The molecule has 0 aromatic rings. The van der Waals surface area contributed by atoms with Gasteiger partial charge >= 0.3 is 11.9 Å².